The summed E-state index contributed by atoms with van der Waals surface area (Å²) in [6, 6.07) is 9.44. The SMILES string of the molecule is CC1=NC(=Cc2cc(-c3c(F)cccc3F)cccc[nH]c2O)C(C(=O)O)=C1. The van der Waals surface area contributed by atoms with Crippen LogP contribution in [0.5, 0.6) is 5.88 Å². The van der Waals surface area contributed by atoms with Gasteiger partial charge in [0.1, 0.15) is 11.6 Å². The minimum absolute atomic E-state index is 0.0456. The summed E-state index contributed by atoms with van der Waals surface area (Å²) in [5, 5.41) is 19.7. The van der Waals surface area contributed by atoms with Gasteiger partial charge in [0, 0.05) is 17.5 Å². The molecule has 0 saturated heterocycles. The van der Waals surface area contributed by atoms with Gasteiger partial charge < -0.3 is 15.2 Å². The molecular weight excluding hydrogens is 366 g/mol. The average Bonchev–Trinajstić information content (AvgIpc) is 3.03. The van der Waals surface area contributed by atoms with E-state index in [0.29, 0.717) is 5.71 Å². The number of nitrogens with zero attached hydrogens (tertiary/aromatic N) is 1. The molecule has 2 heterocycles. The van der Waals surface area contributed by atoms with Crippen LogP contribution in [0.3, 0.4) is 0 Å². The van der Waals surface area contributed by atoms with E-state index in [1.807, 2.05) is 0 Å². The zero-order valence-corrected chi connectivity index (χ0v) is 14.8. The number of aromatic nitrogens is 1. The van der Waals surface area contributed by atoms with Crippen molar-refractivity contribution in [3.8, 4) is 17.0 Å². The van der Waals surface area contributed by atoms with Crippen molar-refractivity contribution in [3.63, 3.8) is 0 Å². The van der Waals surface area contributed by atoms with Crippen molar-refractivity contribution in [1.82, 2.24) is 4.98 Å². The van der Waals surface area contributed by atoms with Crippen LogP contribution in [0.4, 0.5) is 8.78 Å². The second-order valence-electron chi connectivity index (χ2n) is 6.01. The minimum Gasteiger partial charge on any atom is -0.494 e. The molecule has 0 radical (unpaired) electrons. The van der Waals surface area contributed by atoms with E-state index in [-0.39, 0.29) is 33.8 Å². The van der Waals surface area contributed by atoms with Crippen molar-refractivity contribution in [3.05, 3.63) is 83.2 Å². The maximum absolute atomic E-state index is 14.3. The molecule has 0 saturated carbocycles. The Hall–Kier alpha value is -3.74. The van der Waals surface area contributed by atoms with Gasteiger partial charge in [-0.2, -0.15) is 0 Å². The molecule has 1 aliphatic rings. The molecule has 1 aromatic heterocycles. The molecule has 0 amide bonds. The van der Waals surface area contributed by atoms with E-state index in [4.69, 9.17) is 0 Å². The van der Waals surface area contributed by atoms with Gasteiger partial charge in [-0.3, -0.25) is 4.99 Å². The van der Waals surface area contributed by atoms with Crippen molar-refractivity contribution < 1.29 is 23.8 Å². The Balaban J connectivity index is 2.28. The smallest absolute Gasteiger partial charge is 0.337 e. The number of carboxylic acid groups (broad SMARTS) is 1. The van der Waals surface area contributed by atoms with Gasteiger partial charge in [0.25, 0.3) is 0 Å². The molecule has 2 aromatic rings. The third kappa shape index (κ3) is 3.98. The van der Waals surface area contributed by atoms with E-state index < -0.39 is 17.6 Å². The van der Waals surface area contributed by atoms with E-state index in [0.717, 1.165) is 12.1 Å². The van der Waals surface area contributed by atoms with Crippen LogP contribution >= 0.6 is 0 Å². The van der Waals surface area contributed by atoms with E-state index >= 15 is 0 Å². The highest BCUT2D eigenvalue weighted by molar-refractivity contribution is 6.08. The Morgan fingerprint density at radius 1 is 1.14 bits per heavy atom. The van der Waals surface area contributed by atoms with Crippen LogP contribution in [0.15, 0.2) is 71.0 Å². The lowest BCUT2D eigenvalue weighted by Gasteiger charge is -2.05. The first-order chi connectivity index (χ1) is 13.4. The van der Waals surface area contributed by atoms with Gasteiger partial charge >= 0.3 is 5.97 Å². The summed E-state index contributed by atoms with van der Waals surface area (Å²) >= 11 is 0. The zero-order valence-electron chi connectivity index (χ0n) is 14.8. The van der Waals surface area contributed by atoms with E-state index in [9.17, 15) is 23.8 Å². The molecule has 7 heteroatoms. The van der Waals surface area contributed by atoms with Crippen molar-refractivity contribution in [2.75, 3.05) is 0 Å². The normalized spacial score (nSPS) is 14.5. The summed E-state index contributed by atoms with van der Waals surface area (Å²) in [6.45, 7) is 1.64. The third-order valence-electron chi connectivity index (χ3n) is 3.99. The van der Waals surface area contributed by atoms with Crippen LogP contribution in [0.25, 0.3) is 17.2 Å². The number of allylic oxidation sites excluding steroid dienone is 1. The lowest BCUT2D eigenvalue weighted by Crippen LogP contribution is -2.00. The number of rotatable bonds is 3. The number of halogens is 2. The number of aliphatic imine (C=N–C) groups is 1. The predicted octanol–water partition coefficient (Wildman–Crippen LogP) is 4.62. The lowest BCUT2D eigenvalue weighted by molar-refractivity contribution is -0.132. The molecule has 0 unspecified atom stereocenters. The Bertz CT molecular complexity index is 1080. The number of aromatic hydroxyl groups is 1. The summed E-state index contributed by atoms with van der Waals surface area (Å²) in [4.78, 5) is 18.2. The number of aromatic amines is 1. The van der Waals surface area contributed by atoms with Gasteiger partial charge in [0.2, 0.25) is 0 Å². The topological polar surface area (TPSA) is 85.7 Å². The number of aliphatic carboxylic acids is 1. The van der Waals surface area contributed by atoms with Crippen molar-refractivity contribution >= 4 is 17.8 Å². The van der Waals surface area contributed by atoms with Crippen LogP contribution in [0, 0.1) is 11.6 Å². The average molecular weight is 382 g/mol. The van der Waals surface area contributed by atoms with Crippen molar-refractivity contribution in [1.29, 1.82) is 0 Å². The van der Waals surface area contributed by atoms with E-state index in [2.05, 4.69) is 9.98 Å². The Kier molecular flexibility index (Phi) is 5.35. The molecule has 1 aliphatic heterocycles. The van der Waals surface area contributed by atoms with Crippen LogP contribution in [0.2, 0.25) is 0 Å². The molecule has 142 valence electrons. The van der Waals surface area contributed by atoms with Gasteiger partial charge in [0.15, 0.2) is 5.88 Å². The van der Waals surface area contributed by atoms with Crippen LogP contribution < -0.4 is 0 Å². The first-order valence-electron chi connectivity index (χ1n) is 8.28. The zero-order chi connectivity index (χ0) is 20.3. The first kappa shape index (κ1) is 19.0. The van der Waals surface area contributed by atoms with Gasteiger partial charge in [-0.05, 0) is 48.9 Å². The molecule has 28 heavy (non-hydrogen) atoms. The number of H-pyrrole nitrogens is 1. The summed E-state index contributed by atoms with van der Waals surface area (Å²) < 4.78 is 28.5. The number of benzene rings is 1. The number of carbonyl (C=O) groups is 1. The fraction of sp³-hybridized carbons (Fsp3) is 0.0476. The number of nitrogens with one attached hydrogen (secondary N) is 1. The lowest BCUT2D eigenvalue weighted by atomic mass is 10.0. The molecule has 0 atom stereocenters. The van der Waals surface area contributed by atoms with E-state index in [1.54, 1.807) is 19.1 Å². The standard InChI is InChI=1S/C21H16F2N2O3/c1-12-9-15(21(27)28)18(25-12)11-14-10-13(5-2-3-8-24-20(14)26)19-16(22)6-4-7-17(19)23/h2-11,24,26H,1H3,(H,27,28). The monoisotopic (exact) mass is 382 g/mol. The molecule has 3 rings (SSSR count). The fourth-order valence-corrected chi connectivity index (χ4v) is 2.74. The van der Waals surface area contributed by atoms with Crippen LogP contribution in [-0.2, 0) is 4.79 Å². The molecule has 5 nitrogen and oxygen atoms in total. The maximum Gasteiger partial charge on any atom is 0.337 e. The highest BCUT2D eigenvalue weighted by Gasteiger charge is 2.19. The molecule has 0 fully saturated rings. The maximum atomic E-state index is 14.3. The highest BCUT2D eigenvalue weighted by Crippen LogP contribution is 2.29. The molecular formula is C21H16F2N2O3. The van der Waals surface area contributed by atoms with Gasteiger partial charge in [0.05, 0.1) is 16.8 Å². The highest BCUT2D eigenvalue weighted by atomic mass is 19.1. The Labute approximate surface area is 159 Å². The fourth-order valence-electron chi connectivity index (χ4n) is 2.74. The van der Waals surface area contributed by atoms with Crippen LogP contribution in [0.1, 0.15) is 12.5 Å². The van der Waals surface area contributed by atoms with Gasteiger partial charge in [-0.25, -0.2) is 13.6 Å². The molecule has 0 spiro atoms. The minimum atomic E-state index is -1.17. The Morgan fingerprint density at radius 2 is 1.86 bits per heavy atom. The Morgan fingerprint density at radius 3 is 2.54 bits per heavy atom. The van der Waals surface area contributed by atoms with Crippen molar-refractivity contribution in [2.24, 2.45) is 4.99 Å². The molecule has 3 N–H and O–H groups in total. The molecule has 0 bridgehead atoms. The second kappa shape index (κ2) is 7.87. The van der Waals surface area contributed by atoms with Gasteiger partial charge in [-0.1, -0.05) is 18.2 Å². The first-order valence-corrected chi connectivity index (χ1v) is 8.28. The second-order valence-corrected chi connectivity index (χ2v) is 6.01. The predicted molar refractivity (Wildman–Crippen MR) is 102 cm³/mol. The molecule has 0 aliphatic carbocycles. The third-order valence-corrected chi connectivity index (χ3v) is 3.99. The quantitative estimate of drug-likeness (QED) is 0.724. The molecule has 1 aromatic carbocycles. The van der Waals surface area contributed by atoms with Crippen LogP contribution in [-0.4, -0.2) is 26.9 Å². The summed E-state index contributed by atoms with van der Waals surface area (Å²) in [7, 11) is 0. The van der Waals surface area contributed by atoms with Crippen molar-refractivity contribution in [2.45, 2.75) is 6.92 Å². The summed E-state index contributed by atoms with van der Waals surface area (Å²) in [5.74, 6) is -3.03. The number of hydrogen-bond acceptors (Lipinski definition) is 3. The largest absolute Gasteiger partial charge is 0.494 e. The summed E-state index contributed by atoms with van der Waals surface area (Å²) in [6.07, 6.45) is 4.16. The summed E-state index contributed by atoms with van der Waals surface area (Å²) in [5.41, 5.74) is 0.555. The number of carboxylic acids is 1. The number of hydrogen-bond donors (Lipinski definition) is 3. The van der Waals surface area contributed by atoms with Gasteiger partial charge in [-0.15, -0.1) is 0 Å². The van der Waals surface area contributed by atoms with E-state index in [1.165, 1.54) is 36.5 Å².